The minimum Gasteiger partial charge on any atom is -0.392 e. The molecule has 2 aromatic heterocycles. The molecule has 0 fully saturated rings. The summed E-state index contributed by atoms with van der Waals surface area (Å²) in [5, 5.41) is 12.8. The lowest BCUT2D eigenvalue weighted by Crippen LogP contribution is -2.30. The molecule has 0 radical (unpaired) electrons. The first-order valence-electron chi connectivity index (χ1n) is 7.07. The summed E-state index contributed by atoms with van der Waals surface area (Å²) >= 11 is 0. The van der Waals surface area contributed by atoms with Crippen LogP contribution >= 0.6 is 0 Å². The standard InChI is InChI=1S/C13H22N6O3/c1-8(20)7-19-9-10(18(4)13(22)16-11(9)21)15-12(19)14-5-6-17(2)3/h8,20H,5-7H2,1-4H3,(H,14,15)(H,16,21,22)/t8-/m1/s1. The third-order valence-electron chi connectivity index (χ3n) is 3.30. The van der Waals surface area contributed by atoms with E-state index < -0.39 is 17.4 Å². The zero-order valence-corrected chi connectivity index (χ0v) is 13.3. The Morgan fingerprint density at radius 1 is 1.41 bits per heavy atom. The van der Waals surface area contributed by atoms with Gasteiger partial charge in [0.15, 0.2) is 11.2 Å². The summed E-state index contributed by atoms with van der Waals surface area (Å²) in [5.41, 5.74) is -0.456. The molecule has 2 aromatic rings. The Bertz CT molecular complexity index is 770. The number of fused-ring (bicyclic) bond motifs is 1. The lowest BCUT2D eigenvalue weighted by Gasteiger charge is -2.13. The van der Waals surface area contributed by atoms with Crippen molar-refractivity contribution in [3.63, 3.8) is 0 Å². The number of aryl methyl sites for hydroxylation is 1. The molecule has 0 saturated carbocycles. The van der Waals surface area contributed by atoms with Crippen LogP contribution in [0.4, 0.5) is 5.95 Å². The maximum atomic E-state index is 12.1. The molecule has 2 rings (SSSR count). The minimum atomic E-state index is -0.650. The number of aliphatic hydroxyl groups excluding tert-OH is 1. The maximum absolute atomic E-state index is 12.1. The van der Waals surface area contributed by atoms with Crippen LogP contribution in [0.1, 0.15) is 6.92 Å². The van der Waals surface area contributed by atoms with Gasteiger partial charge < -0.3 is 19.9 Å². The number of nitrogens with one attached hydrogen (secondary N) is 2. The first kappa shape index (κ1) is 16.2. The molecule has 2 heterocycles. The molecular weight excluding hydrogens is 288 g/mol. The van der Waals surface area contributed by atoms with Gasteiger partial charge in [-0.05, 0) is 21.0 Å². The van der Waals surface area contributed by atoms with Crippen LogP contribution in [-0.4, -0.2) is 62.4 Å². The monoisotopic (exact) mass is 310 g/mol. The Kier molecular flexibility index (Phi) is 4.67. The van der Waals surface area contributed by atoms with Crippen molar-refractivity contribution in [1.82, 2.24) is 24.0 Å². The van der Waals surface area contributed by atoms with E-state index in [1.165, 1.54) is 4.57 Å². The molecule has 0 bridgehead atoms. The second kappa shape index (κ2) is 6.32. The number of H-pyrrole nitrogens is 1. The fourth-order valence-corrected chi connectivity index (χ4v) is 2.20. The lowest BCUT2D eigenvalue weighted by molar-refractivity contribution is 0.175. The topological polar surface area (TPSA) is 108 Å². The summed E-state index contributed by atoms with van der Waals surface area (Å²) in [4.78, 5) is 32.4. The second-order valence-corrected chi connectivity index (χ2v) is 5.62. The van der Waals surface area contributed by atoms with Gasteiger partial charge in [0.1, 0.15) is 0 Å². The molecule has 0 amide bonds. The summed E-state index contributed by atoms with van der Waals surface area (Å²) in [7, 11) is 5.45. The van der Waals surface area contributed by atoms with E-state index in [0.717, 1.165) is 6.54 Å². The fraction of sp³-hybridized carbons (Fsp3) is 0.615. The van der Waals surface area contributed by atoms with Gasteiger partial charge in [0, 0.05) is 20.1 Å². The van der Waals surface area contributed by atoms with Crippen molar-refractivity contribution in [3.8, 4) is 0 Å². The van der Waals surface area contributed by atoms with Gasteiger partial charge in [-0.1, -0.05) is 0 Å². The van der Waals surface area contributed by atoms with Gasteiger partial charge in [0.25, 0.3) is 5.56 Å². The Labute approximate surface area is 127 Å². The molecule has 22 heavy (non-hydrogen) atoms. The van der Waals surface area contributed by atoms with E-state index in [9.17, 15) is 14.7 Å². The Morgan fingerprint density at radius 3 is 2.68 bits per heavy atom. The van der Waals surface area contributed by atoms with Gasteiger partial charge in [0.2, 0.25) is 5.95 Å². The van der Waals surface area contributed by atoms with Gasteiger partial charge in [-0.15, -0.1) is 0 Å². The fourth-order valence-electron chi connectivity index (χ4n) is 2.20. The van der Waals surface area contributed by atoms with E-state index >= 15 is 0 Å². The quantitative estimate of drug-likeness (QED) is 0.617. The van der Waals surface area contributed by atoms with E-state index in [0.29, 0.717) is 18.1 Å². The molecule has 0 aliphatic carbocycles. The number of rotatable bonds is 6. The van der Waals surface area contributed by atoms with Crippen molar-refractivity contribution in [1.29, 1.82) is 0 Å². The zero-order valence-electron chi connectivity index (χ0n) is 13.3. The molecule has 0 aliphatic heterocycles. The van der Waals surface area contributed by atoms with Crippen LogP contribution in [0.2, 0.25) is 0 Å². The number of aromatic amines is 1. The van der Waals surface area contributed by atoms with Crippen molar-refractivity contribution in [2.75, 3.05) is 32.5 Å². The molecule has 0 saturated heterocycles. The van der Waals surface area contributed by atoms with E-state index in [4.69, 9.17) is 0 Å². The molecule has 122 valence electrons. The van der Waals surface area contributed by atoms with Crippen molar-refractivity contribution in [3.05, 3.63) is 20.8 Å². The molecule has 0 aliphatic rings. The molecule has 0 spiro atoms. The first-order valence-corrected chi connectivity index (χ1v) is 7.07. The van der Waals surface area contributed by atoms with Gasteiger partial charge >= 0.3 is 5.69 Å². The predicted octanol–water partition coefficient (Wildman–Crippen LogP) is -1.22. The molecule has 1 atom stereocenters. The smallest absolute Gasteiger partial charge is 0.329 e. The minimum absolute atomic E-state index is 0.210. The molecular formula is C13H22N6O3. The van der Waals surface area contributed by atoms with Crippen molar-refractivity contribution in [2.45, 2.75) is 19.6 Å². The number of nitrogens with zero attached hydrogens (tertiary/aromatic N) is 4. The highest BCUT2D eigenvalue weighted by molar-refractivity contribution is 5.74. The zero-order chi connectivity index (χ0) is 16.4. The highest BCUT2D eigenvalue weighted by Crippen LogP contribution is 2.15. The van der Waals surface area contributed by atoms with Gasteiger partial charge in [-0.25, -0.2) is 4.79 Å². The summed E-state index contributed by atoms with van der Waals surface area (Å²) in [6.45, 7) is 3.25. The van der Waals surface area contributed by atoms with Crippen LogP contribution in [0.15, 0.2) is 9.59 Å². The van der Waals surface area contributed by atoms with E-state index in [1.807, 2.05) is 19.0 Å². The van der Waals surface area contributed by atoms with E-state index in [-0.39, 0.29) is 12.1 Å². The van der Waals surface area contributed by atoms with Gasteiger partial charge in [-0.3, -0.25) is 14.3 Å². The lowest BCUT2D eigenvalue weighted by atomic mass is 10.4. The molecule has 0 aromatic carbocycles. The summed E-state index contributed by atoms with van der Waals surface area (Å²) in [5.74, 6) is 0.462. The highest BCUT2D eigenvalue weighted by atomic mass is 16.3. The SMILES string of the molecule is C[C@@H](O)Cn1c(NCCN(C)C)nc2c1c(=O)[nH]c(=O)n2C. The third kappa shape index (κ3) is 3.20. The number of hydrogen-bond donors (Lipinski definition) is 3. The van der Waals surface area contributed by atoms with Crippen LogP contribution in [0.5, 0.6) is 0 Å². The number of aliphatic hydroxyl groups is 1. The summed E-state index contributed by atoms with van der Waals surface area (Å²) in [6.07, 6.45) is -0.650. The number of imidazole rings is 1. The van der Waals surface area contributed by atoms with Gasteiger partial charge in [-0.2, -0.15) is 4.98 Å². The van der Waals surface area contributed by atoms with E-state index in [2.05, 4.69) is 15.3 Å². The molecule has 9 nitrogen and oxygen atoms in total. The predicted molar refractivity (Wildman–Crippen MR) is 84.3 cm³/mol. The van der Waals surface area contributed by atoms with Crippen LogP contribution in [0.3, 0.4) is 0 Å². The number of anilines is 1. The average molecular weight is 310 g/mol. The summed E-state index contributed by atoms with van der Waals surface area (Å²) in [6, 6.07) is 0. The van der Waals surface area contributed by atoms with Gasteiger partial charge in [0.05, 0.1) is 12.6 Å². The largest absolute Gasteiger partial charge is 0.392 e. The normalized spacial score (nSPS) is 13.0. The summed E-state index contributed by atoms with van der Waals surface area (Å²) < 4.78 is 2.89. The highest BCUT2D eigenvalue weighted by Gasteiger charge is 2.18. The van der Waals surface area contributed by atoms with Crippen molar-refractivity contribution in [2.24, 2.45) is 7.05 Å². The molecule has 0 unspecified atom stereocenters. The third-order valence-corrected chi connectivity index (χ3v) is 3.30. The van der Waals surface area contributed by atoms with Crippen molar-refractivity contribution >= 4 is 17.1 Å². The Hall–Kier alpha value is -2.13. The van der Waals surface area contributed by atoms with Crippen molar-refractivity contribution < 1.29 is 5.11 Å². The van der Waals surface area contributed by atoms with Crippen LogP contribution in [0.25, 0.3) is 11.2 Å². The maximum Gasteiger partial charge on any atom is 0.329 e. The first-order chi connectivity index (χ1) is 10.3. The Balaban J connectivity index is 2.54. The number of hydrogen-bond acceptors (Lipinski definition) is 6. The number of aromatic nitrogens is 4. The second-order valence-electron chi connectivity index (χ2n) is 5.62. The van der Waals surface area contributed by atoms with Crippen LogP contribution < -0.4 is 16.6 Å². The van der Waals surface area contributed by atoms with E-state index in [1.54, 1.807) is 18.5 Å². The van der Waals surface area contributed by atoms with Crippen LogP contribution in [0, 0.1) is 0 Å². The molecule has 9 heteroatoms. The average Bonchev–Trinajstić information content (AvgIpc) is 2.74. The molecule has 3 N–H and O–H groups in total. The number of likely N-dealkylation sites (N-methyl/N-ethyl adjacent to an activating group) is 1. The van der Waals surface area contributed by atoms with Crippen LogP contribution in [-0.2, 0) is 13.6 Å². The Morgan fingerprint density at radius 2 is 2.09 bits per heavy atom.